The summed E-state index contributed by atoms with van der Waals surface area (Å²) < 4.78 is 5.17. The Morgan fingerprint density at radius 2 is 2.00 bits per heavy atom. The molecule has 1 heterocycles. The van der Waals surface area contributed by atoms with Crippen molar-refractivity contribution in [3.63, 3.8) is 0 Å². The third kappa shape index (κ3) is 1.50. The summed E-state index contributed by atoms with van der Waals surface area (Å²) in [6.45, 7) is 4.02. The Balaban J connectivity index is 2.86. The van der Waals surface area contributed by atoms with Crippen molar-refractivity contribution in [1.29, 1.82) is 0 Å². The van der Waals surface area contributed by atoms with Crippen LogP contribution in [-0.4, -0.2) is 12.1 Å². The molecular weight excluding hydrogens is 188 g/mol. The normalized spacial score (nSPS) is 10.6. The first-order valence-electron chi connectivity index (χ1n) is 4.84. The van der Waals surface area contributed by atoms with E-state index in [4.69, 9.17) is 10.5 Å². The fourth-order valence-corrected chi connectivity index (χ4v) is 1.81. The lowest BCUT2D eigenvalue weighted by molar-refractivity contribution is 0.417. The number of hydrogen-bond acceptors (Lipinski definition) is 3. The molecule has 0 aliphatic heterocycles. The lowest BCUT2D eigenvalue weighted by atomic mass is 10.1. The Kier molecular flexibility index (Phi) is 2.23. The van der Waals surface area contributed by atoms with Gasteiger partial charge in [-0.05, 0) is 37.6 Å². The van der Waals surface area contributed by atoms with Gasteiger partial charge in [0.15, 0.2) is 0 Å². The largest absolute Gasteiger partial charge is 0.495 e. The Labute approximate surface area is 88.9 Å². The molecule has 1 aromatic carbocycles. The first-order valence-corrected chi connectivity index (χ1v) is 4.84. The highest BCUT2D eigenvalue weighted by Gasteiger charge is 2.08. The maximum absolute atomic E-state index is 5.98. The third-order valence-electron chi connectivity index (χ3n) is 2.54. The molecule has 0 unspecified atom stereocenters. The van der Waals surface area contributed by atoms with Gasteiger partial charge < -0.3 is 10.5 Å². The fraction of sp³-hybridized carbons (Fsp3) is 0.250. The molecule has 2 aromatic rings. The molecule has 0 radical (unpaired) electrons. The number of rotatable bonds is 1. The second kappa shape index (κ2) is 3.42. The number of hydrogen-bond donors (Lipinski definition) is 1. The van der Waals surface area contributed by atoms with E-state index in [2.05, 4.69) is 11.9 Å². The van der Waals surface area contributed by atoms with Gasteiger partial charge in [-0.3, -0.25) is 4.98 Å². The van der Waals surface area contributed by atoms with Gasteiger partial charge in [0.2, 0.25) is 0 Å². The molecule has 0 saturated heterocycles. The number of nitrogens with zero attached hydrogens (tertiary/aromatic N) is 1. The number of fused-ring (bicyclic) bond motifs is 1. The van der Waals surface area contributed by atoms with Crippen LogP contribution in [0.2, 0.25) is 0 Å². The minimum absolute atomic E-state index is 0.613. The number of methoxy groups -OCH3 is 1. The predicted molar refractivity (Wildman–Crippen MR) is 62.2 cm³/mol. The number of aromatic nitrogens is 1. The van der Waals surface area contributed by atoms with E-state index >= 15 is 0 Å². The van der Waals surface area contributed by atoms with Gasteiger partial charge in [-0.15, -0.1) is 0 Å². The molecule has 15 heavy (non-hydrogen) atoms. The molecule has 0 aliphatic carbocycles. The van der Waals surface area contributed by atoms with Gasteiger partial charge >= 0.3 is 0 Å². The van der Waals surface area contributed by atoms with Crippen molar-refractivity contribution in [1.82, 2.24) is 4.98 Å². The quantitative estimate of drug-likeness (QED) is 0.722. The van der Waals surface area contributed by atoms with Crippen molar-refractivity contribution < 1.29 is 4.74 Å². The molecule has 2 rings (SSSR count). The van der Waals surface area contributed by atoms with Crippen molar-refractivity contribution >= 4 is 16.6 Å². The highest BCUT2D eigenvalue weighted by molar-refractivity contribution is 5.94. The van der Waals surface area contributed by atoms with Gasteiger partial charge in [0.25, 0.3) is 0 Å². The first-order chi connectivity index (χ1) is 7.13. The first kappa shape index (κ1) is 9.77. The fourth-order valence-electron chi connectivity index (χ4n) is 1.81. The second-order valence-corrected chi connectivity index (χ2v) is 3.66. The van der Waals surface area contributed by atoms with E-state index in [-0.39, 0.29) is 0 Å². The summed E-state index contributed by atoms with van der Waals surface area (Å²) >= 11 is 0. The lowest BCUT2D eigenvalue weighted by Gasteiger charge is -2.09. The van der Waals surface area contributed by atoms with Crippen LogP contribution in [0.15, 0.2) is 18.2 Å². The molecule has 0 atom stereocenters. The molecule has 1 aromatic heterocycles. The van der Waals surface area contributed by atoms with Crippen LogP contribution in [0.5, 0.6) is 5.75 Å². The van der Waals surface area contributed by atoms with E-state index < -0.39 is 0 Å². The minimum Gasteiger partial charge on any atom is -0.495 e. The number of ether oxygens (including phenoxy) is 1. The number of aryl methyl sites for hydroxylation is 2. The molecule has 0 saturated carbocycles. The van der Waals surface area contributed by atoms with Crippen LogP contribution in [0.3, 0.4) is 0 Å². The van der Waals surface area contributed by atoms with E-state index in [1.165, 1.54) is 5.56 Å². The van der Waals surface area contributed by atoms with Crippen LogP contribution >= 0.6 is 0 Å². The highest BCUT2D eigenvalue weighted by Crippen LogP contribution is 2.30. The Hall–Kier alpha value is -1.77. The van der Waals surface area contributed by atoms with Crippen LogP contribution in [0.4, 0.5) is 5.69 Å². The van der Waals surface area contributed by atoms with E-state index in [0.717, 1.165) is 16.6 Å². The Morgan fingerprint density at radius 1 is 1.27 bits per heavy atom. The summed E-state index contributed by atoms with van der Waals surface area (Å²) in [5.74, 6) is 0.681. The summed E-state index contributed by atoms with van der Waals surface area (Å²) in [7, 11) is 1.61. The average Bonchev–Trinajstić information content (AvgIpc) is 2.19. The molecule has 78 valence electrons. The average molecular weight is 202 g/mol. The zero-order valence-corrected chi connectivity index (χ0v) is 9.16. The van der Waals surface area contributed by atoms with E-state index in [9.17, 15) is 0 Å². The van der Waals surface area contributed by atoms with Crippen LogP contribution < -0.4 is 10.5 Å². The molecule has 2 N–H and O–H groups in total. The number of nitrogens with two attached hydrogens (primary N) is 1. The molecule has 0 aliphatic rings. The lowest BCUT2D eigenvalue weighted by Crippen LogP contribution is -1.97. The van der Waals surface area contributed by atoms with Crippen LogP contribution in [0.25, 0.3) is 10.9 Å². The maximum Gasteiger partial charge on any atom is 0.144 e. The van der Waals surface area contributed by atoms with Crippen molar-refractivity contribution in [2.45, 2.75) is 13.8 Å². The maximum atomic E-state index is 5.98. The number of benzene rings is 1. The van der Waals surface area contributed by atoms with Gasteiger partial charge in [-0.2, -0.15) is 0 Å². The molecule has 0 spiro atoms. The minimum atomic E-state index is 0.613. The number of nitrogen functional groups attached to an aromatic ring is 1. The Bertz CT molecular complexity index is 521. The smallest absolute Gasteiger partial charge is 0.144 e. The van der Waals surface area contributed by atoms with Crippen molar-refractivity contribution in [2.75, 3.05) is 12.8 Å². The van der Waals surface area contributed by atoms with Crippen molar-refractivity contribution in [3.8, 4) is 5.75 Å². The van der Waals surface area contributed by atoms with Crippen LogP contribution in [-0.2, 0) is 0 Å². The molecule has 0 fully saturated rings. The summed E-state index contributed by atoms with van der Waals surface area (Å²) in [4.78, 5) is 4.44. The molecular formula is C12H14N2O. The molecule has 0 bridgehead atoms. The monoisotopic (exact) mass is 202 g/mol. The molecule has 0 amide bonds. The highest BCUT2D eigenvalue weighted by atomic mass is 16.5. The summed E-state index contributed by atoms with van der Waals surface area (Å²) in [6, 6.07) is 5.92. The van der Waals surface area contributed by atoms with Gasteiger partial charge in [0.05, 0.1) is 12.6 Å². The van der Waals surface area contributed by atoms with Gasteiger partial charge in [0.1, 0.15) is 11.4 Å². The SMILES string of the molecule is COc1ccc2c(C)cc(C)nc2c1N. The molecule has 3 heteroatoms. The van der Waals surface area contributed by atoms with Gasteiger partial charge in [-0.25, -0.2) is 0 Å². The van der Waals surface area contributed by atoms with E-state index in [1.807, 2.05) is 25.1 Å². The second-order valence-electron chi connectivity index (χ2n) is 3.66. The van der Waals surface area contributed by atoms with Gasteiger partial charge in [-0.1, -0.05) is 0 Å². The standard InChI is InChI=1S/C12H14N2O/c1-7-6-8(2)14-12-9(7)4-5-10(15-3)11(12)13/h4-6H,13H2,1-3H3. The summed E-state index contributed by atoms with van der Waals surface area (Å²) in [5.41, 5.74) is 9.58. The summed E-state index contributed by atoms with van der Waals surface area (Å²) in [5, 5.41) is 1.08. The summed E-state index contributed by atoms with van der Waals surface area (Å²) in [6.07, 6.45) is 0. The zero-order valence-electron chi connectivity index (χ0n) is 9.16. The molecule has 3 nitrogen and oxygen atoms in total. The van der Waals surface area contributed by atoms with Crippen molar-refractivity contribution in [3.05, 3.63) is 29.5 Å². The topological polar surface area (TPSA) is 48.1 Å². The van der Waals surface area contributed by atoms with Crippen molar-refractivity contribution in [2.24, 2.45) is 0 Å². The number of pyridine rings is 1. The van der Waals surface area contributed by atoms with E-state index in [0.29, 0.717) is 11.4 Å². The predicted octanol–water partition coefficient (Wildman–Crippen LogP) is 2.44. The third-order valence-corrected chi connectivity index (χ3v) is 2.54. The Morgan fingerprint density at radius 3 is 2.67 bits per heavy atom. The van der Waals surface area contributed by atoms with Crippen LogP contribution in [0, 0.1) is 13.8 Å². The van der Waals surface area contributed by atoms with E-state index in [1.54, 1.807) is 7.11 Å². The zero-order chi connectivity index (χ0) is 11.0. The number of anilines is 1. The van der Waals surface area contributed by atoms with Crippen LogP contribution in [0.1, 0.15) is 11.3 Å². The van der Waals surface area contributed by atoms with Gasteiger partial charge in [0, 0.05) is 11.1 Å².